The standard InChI is InChI=1S/C22H28BrClN2O3/c1-17-2-5-19(24)14-22(17)26-10-8-25(9-11-26)15-20(27)16-28-12-13-29-21-6-3-18(23)4-7-21/h2-7,14,20,27H,8-13,15-16H2,1H3. The highest BCUT2D eigenvalue weighted by Crippen LogP contribution is 2.25. The van der Waals surface area contributed by atoms with Crippen LogP contribution in [0.1, 0.15) is 5.56 Å². The van der Waals surface area contributed by atoms with Gasteiger partial charge in [0.2, 0.25) is 0 Å². The number of β-amino-alcohol motifs (C(OH)–C–C–N with tert-alkyl or cyclic N) is 1. The van der Waals surface area contributed by atoms with Crippen molar-refractivity contribution in [3.8, 4) is 5.75 Å². The maximum absolute atomic E-state index is 10.3. The van der Waals surface area contributed by atoms with Gasteiger partial charge < -0.3 is 19.5 Å². The average molecular weight is 484 g/mol. The van der Waals surface area contributed by atoms with Gasteiger partial charge in [-0.05, 0) is 48.9 Å². The van der Waals surface area contributed by atoms with Gasteiger partial charge in [0.1, 0.15) is 12.4 Å². The quantitative estimate of drug-likeness (QED) is 0.547. The molecule has 1 N–H and O–H groups in total. The Morgan fingerprint density at radius 1 is 1.07 bits per heavy atom. The molecule has 0 bridgehead atoms. The molecule has 0 amide bonds. The molecule has 1 fully saturated rings. The van der Waals surface area contributed by atoms with Gasteiger partial charge >= 0.3 is 0 Å². The Balaban J connectivity index is 1.31. The van der Waals surface area contributed by atoms with Crippen LogP contribution in [0.25, 0.3) is 0 Å². The summed E-state index contributed by atoms with van der Waals surface area (Å²) in [5.74, 6) is 0.810. The zero-order valence-electron chi connectivity index (χ0n) is 16.7. The number of aliphatic hydroxyl groups excluding tert-OH is 1. The topological polar surface area (TPSA) is 45.2 Å². The van der Waals surface area contributed by atoms with Crippen LogP contribution >= 0.6 is 27.5 Å². The molecule has 1 aliphatic heterocycles. The van der Waals surface area contributed by atoms with E-state index in [-0.39, 0.29) is 0 Å². The summed E-state index contributed by atoms with van der Waals surface area (Å²) < 4.78 is 12.2. The molecule has 2 aromatic rings. The summed E-state index contributed by atoms with van der Waals surface area (Å²) in [5, 5.41) is 11.0. The molecule has 3 rings (SSSR count). The lowest BCUT2D eigenvalue weighted by molar-refractivity contribution is 0.00718. The number of aryl methyl sites for hydroxylation is 1. The second kappa shape index (κ2) is 11.2. The molecule has 0 saturated carbocycles. The average Bonchev–Trinajstić information content (AvgIpc) is 2.71. The van der Waals surface area contributed by atoms with Crippen molar-refractivity contribution in [1.29, 1.82) is 0 Å². The lowest BCUT2D eigenvalue weighted by Gasteiger charge is -2.37. The molecule has 1 atom stereocenters. The van der Waals surface area contributed by atoms with E-state index in [1.54, 1.807) is 0 Å². The first kappa shape index (κ1) is 22.4. The van der Waals surface area contributed by atoms with Crippen LogP contribution in [0.3, 0.4) is 0 Å². The summed E-state index contributed by atoms with van der Waals surface area (Å²) in [6.45, 7) is 7.64. The van der Waals surface area contributed by atoms with Crippen LogP contribution < -0.4 is 9.64 Å². The van der Waals surface area contributed by atoms with E-state index in [0.29, 0.717) is 26.4 Å². The molecule has 1 heterocycles. The Kier molecular flexibility index (Phi) is 8.63. The first-order chi connectivity index (χ1) is 14.0. The van der Waals surface area contributed by atoms with Crippen molar-refractivity contribution >= 4 is 33.2 Å². The van der Waals surface area contributed by atoms with Crippen LogP contribution in [0, 0.1) is 6.92 Å². The maximum atomic E-state index is 10.3. The van der Waals surface area contributed by atoms with Crippen LogP contribution in [0.2, 0.25) is 5.02 Å². The van der Waals surface area contributed by atoms with Crippen LogP contribution in [0.4, 0.5) is 5.69 Å². The maximum Gasteiger partial charge on any atom is 0.119 e. The van der Waals surface area contributed by atoms with E-state index in [4.69, 9.17) is 21.1 Å². The second-order valence-electron chi connectivity index (χ2n) is 7.25. The third-order valence-electron chi connectivity index (χ3n) is 4.97. The zero-order chi connectivity index (χ0) is 20.6. The Bertz CT molecular complexity index is 767. The predicted octanol–water partition coefficient (Wildman–Crippen LogP) is 3.99. The Morgan fingerprint density at radius 2 is 1.79 bits per heavy atom. The van der Waals surface area contributed by atoms with Crippen LogP contribution in [-0.4, -0.2) is 68.7 Å². The molecule has 29 heavy (non-hydrogen) atoms. The fourth-order valence-electron chi connectivity index (χ4n) is 3.41. The lowest BCUT2D eigenvalue weighted by atomic mass is 10.1. The van der Waals surface area contributed by atoms with Gasteiger partial charge in [0.05, 0.1) is 19.3 Å². The molecular weight excluding hydrogens is 456 g/mol. The lowest BCUT2D eigenvalue weighted by Crippen LogP contribution is -2.49. The number of aliphatic hydroxyl groups is 1. The predicted molar refractivity (Wildman–Crippen MR) is 121 cm³/mol. The first-order valence-electron chi connectivity index (χ1n) is 9.89. The fourth-order valence-corrected chi connectivity index (χ4v) is 3.84. The summed E-state index contributed by atoms with van der Waals surface area (Å²) in [4.78, 5) is 4.64. The molecule has 158 valence electrons. The van der Waals surface area contributed by atoms with Gasteiger partial charge in [-0.1, -0.05) is 33.6 Å². The Hall–Kier alpha value is -1.31. The van der Waals surface area contributed by atoms with Gasteiger partial charge in [0, 0.05) is 47.9 Å². The Labute approximate surface area is 186 Å². The summed E-state index contributed by atoms with van der Waals surface area (Å²) in [6.07, 6.45) is -0.498. The number of hydrogen-bond acceptors (Lipinski definition) is 5. The smallest absolute Gasteiger partial charge is 0.119 e. The number of anilines is 1. The van der Waals surface area contributed by atoms with Crippen molar-refractivity contribution in [2.45, 2.75) is 13.0 Å². The number of piperazine rings is 1. The van der Waals surface area contributed by atoms with Crippen molar-refractivity contribution < 1.29 is 14.6 Å². The van der Waals surface area contributed by atoms with Crippen molar-refractivity contribution in [1.82, 2.24) is 4.90 Å². The van der Waals surface area contributed by atoms with E-state index in [2.05, 4.69) is 38.7 Å². The summed E-state index contributed by atoms with van der Waals surface area (Å²) in [6, 6.07) is 13.7. The molecule has 0 spiro atoms. The number of nitrogens with zero attached hydrogens (tertiary/aromatic N) is 2. The fraction of sp³-hybridized carbons (Fsp3) is 0.455. The molecule has 0 radical (unpaired) electrons. The number of ether oxygens (including phenoxy) is 2. The van der Waals surface area contributed by atoms with Crippen LogP contribution in [0.15, 0.2) is 46.9 Å². The summed E-state index contributed by atoms with van der Waals surface area (Å²) in [7, 11) is 0. The number of halogens is 2. The molecule has 1 unspecified atom stereocenters. The molecule has 0 aliphatic carbocycles. The van der Waals surface area contributed by atoms with E-state index in [1.165, 1.54) is 11.3 Å². The monoisotopic (exact) mass is 482 g/mol. The SMILES string of the molecule is Cc1ccc(Cl)cc1N1CCN(CC(O)COCCOc2ccc(Br)cc2)CC1. The first-order valence-corrected chi connectivity index (χ1v) is 11.1. The summed E-state index contributed by atoms with van der Waals surface area (Å²) in [5.41, 5.74) is 2.44. The van der Waals surface area contributed by atoms with Crippen LogP contribution in [0.5, 0.6) is 5.75 Å². The molecule has 5 nitrogen and oxygen atoms in total. The minimum absolute atomic E-state index is 0.317. The Morgan fingerprint density at radius 3 is 2.52 bits per heavy atom. The highest BCUT2D eigenvalue weighted by atomic mass is 79.9. The molecule has 0 aromatic heterocycles. The van der Waals surface area contributed by atoms with E-state index in [0.717, 1.165) is 41.4 Å². The minimum Gasteiger partial charge on any atom is -0.491 e. The minimum atomic E-state index is -0.498. The van der Waals surface area contributed by atoms with Gasteiger partial charge in [-0.25, -0.2) is 0 Å². The molecule has 7 heteroatoms. The van der Waals surface area contributed by atoms with Gasteiger partial charge in [-0.3, -0.25) is 4.90 Å². The molecule has 1 aliphatic rings. The third kappa shape index (κ3) is 7.15. The number of hydrogen-bond donors (Lipinski definition) is 1. The second-order valence-corrected chi connectivity index (χ2v) is 8.60. The normalized spacial score (nSPS) is 16.1. The zero-order valence-corrected chi connectivity index (χ0v) is 19.0. The molecule has 2 aromatic carbocycles. The third-order valence-corrected chi connectivity index (χ3v) is 5.74. The number of rotatable bonds is 9. The summed E-state index contributed by atoms with van der Waals surface area (Å²) >= 11 is 9.55. The van der Waals surface area contributed by atoms with Crippen molar-refractivity contribution in [2.24, 2.45) is 0 Å². The highest BCUT2D eigenvalue weighted by Gasteiger charge is 2.20. The van der Waals surface area contributed by atoms with Crippen molar-refractivity contribution in [3.05, 3.63) is 57.5 Å². The van der Waals surface area contributed by atoms with E-state index < -0.39 is 6.10 Å². The van der Waals surface area contributed by atoms with E-state index in [1.807, 2.05) is 36.4 Å². The van der Waals surface area contributed by atoms with Gasteiger partial charge in [0.15, 0.2) is 0 Å². The van der Waals surface area contributed by atoms with E-state index in [9.17, 15) is 5.11 Å². The van der Waals surface area contributed by atoms with Crippen LogP contribution in [-0.2, 0) is 4.74 Å². The van der Waals surface area contributed by atoms with Gasteiger partial charge in [0.25, 0.3) is 0 Å². The van der Waals surface area contributed by atoms with Crippen molar-refractivity contribution in [2.75, 3.05) is 57.4 Å². The highest BCUT2D eigenvalue weighted by molar-refractivity contribution is 9.10. The molecule has 1 saturated heterocycles. The van der Waals surface area contributed by atoms with Gasteiger partial charge in [-0.15, -0.1) is 0 Å². The largest absolute Gasteiger partial charge is 0.491 e. The van der Waals surface area contributed by atoms with Crippen molar-refractivity contribution in [3.63, 3.8) is 0 Å². The van der Waals surface area contributed by atoms with E-state index >= 15 is 0 Å². The van der Waals surface area contributed by atoms with Gasteiger partial charge in [-0.2, -0.15) is 0 Å². The number of benzene rings is 2. The molecular formula is C22H28BrClN2O3.